The monoisotopic (exact) mass is 317 g/mol. The summed E-state index contributed by atoms with van der Waals surface area (Å²) in [5.41, 5.74) is 7.59. The van der Waals surface area contributed by atoms with Crippen LogP contribution in [-0.2, 0) is 6.54 Å². The molecule has 6 heteroatoms. The molecule has 4 nitrogen and oxygen atoms in total. The number of fused-ring (bicyclic) bond motifs is 1. The largest absolute Gasteiger partial charge is 0.397 e. The maximum absolute atomic E-state index is 12.6. The minimum Gasteiger partial charge on any atom is -0.397 e. The SMILES string of the molecule is Cc1ccc2c(N)c(C(=O)N(C)Cc3cccs3)sc2n1. The number of carbonyl (C=O) groups is 1. The Hall–Kier alpha value is -1.92. The van der Waals surface area contributed by atoms with Gasteiger partial charge in [0.25, 0.3) is 5.91 Å². The molecule has 0 bridgehead atoms. The zero-order valence-electron chi connectivity index (χ0n) is 11.8. The molecule has 0 saturated heterocycles. The molecule has 1 amide bonds. The number of thiophene rings is 2. The number of aromatic nitrogens is 1. The van der Waals surface area contributed by atoms with Gasteiger partial charge >= 0.3 is 0 Å². The summed E-state index contributed by atoms with van der Waals surface area (Å²) < 4.78 is 0. The summed E-state index contributed by atoms with van der Waals surface area (Å²) in [5.74, 6) is -0.0541. The molecule has 2 N–H and O–H groups in total. The summed E-state index contributed by atoms with van der Waals surface area (Å²) in [7, 11) is 1.80. The van der Waals surface area contributed by atoms with Crippen molar-refractivity contribution in [1.82, 2.24) is 9.88 Å². The first-order valence-electron chi connectivity index (χ1n) is 6.49. The third-order valence-electron chi connectivity index (χ3n) is 3.25. The molecule has 3 heterocycles. The van der Waals surface area contributed by atoms with Crippen LogP contribution in [0, 0.1) is 6.92 Å². The van der Waals surface area contributed by atoms with Gasteiger partial charge < -0.3 is 10.6 Å². The Balaban J connectivity index is 1.92. The maximum Gasteiger partial charge on any atom is 0.266 e. The molecule has 3 rings (SSSR count). The third kappa shape index (κ3) is 2.64. The molecular weight excluding hydrogens is 302 g/mol. The van der Waals surface area contributed by atoms with E-state index in [9.17, 15) is 4.79 Å². The van der Waals surface area contributed by atoms with Gasteiger partial charge in [-0.15, -0.1) is 22.7 Å². The Kier molecular flexibility index (Phi) is 3.65. The van der Waals surface area contributed by atoms with Crippen LogP contribution in [-0.4, -0.2) is 22.8 Å². The van der Waals surface area contributed by atoms with Crippen molar-refractivity contribution in [2.45, 2.75) is 13.5 Å². The van der Waals surface area contributed by atoms with Crippen LogP contribution in [0.5, 0.6) is 0 Å². The number of nitrogen functional groups attached to an aromatic ring is 1. The molecule has 0 saturated carbocycles. The van der Waals surface area contributed by atoms with Gasteiger partial charge in [0, 0.05) is 23.0 Å². The lowest BCUT2D eigenvalue weighted by atomic mass is 10.2. The zero-order valence-corrected chi connectivity index (χ0v) is 13.4. The third-order valence-corrected chi connectivity index (χ3v) is 5.21. The standard InChI is InChI=1S/C15H15N3OS2/c1-9-5-6-11-12(16)13(21-14(11)17-9)15(19)18(2)8-10-4-3-7-20-10/h3-7H,8,16H2,1-2H3. The average Bonchev–Trinajstić information content (AvgIpc) is 3.06. The lowest BCUT2D eigenvalue weighted by molar-refractivity contribution is 0.0792. The van der Waals surface area contributed by atoms with E-state index in [1.807, 2.05) is 36.6 Å². The second-order valence-electron chi connectivity index (χ2n) is 4.89. The molecule has 0 radical (unpaired) electrons. The minimum absolute atomic E-state index is 0.0541. The van der Waals surface area contributed by atoms with Crippen molar-refractivity contribution in [1.29, 1.82) is 0 Å². The van der Waals surface area contributed by atoms with Crippen LogP contribution in [0.1, 0.15) is 20.2 Å². The van der Waals surface area contributed by atoms with Gasteiger partial charge in [-0.2, -0.15) is 0 Å². The highest BCUT2D eigenvalue weighted by Crippen LogP contribution is 2.33. The van der Waals surface area contributed by atoms with Gasteiger partial charge in [0.2, 0.25) is 0 Å². The van der Waals surface area contributed by atoms with Crippen molar-refractivity contribution >= 4 is 44.5 Å². The fourth-order valence-electron chi connectivity index (χ4n) is 2.13. The van der Waals surface area contributed by atoms with Crippen LogP contribution in [0.4, 0.5) is 5.69 Å². The molecular formula is C15H15N3OS2. The first-order valence-corrected chi connectivity index (χ1v) is 8.19. The quantitative estimate of drug-likeness (QED) is 0.804. The highest BCUT2D eigenvalue weighted by molar-refractivity contribution is 7.21. The smallest absolute Gasteiger partial charge is 0.266 e. The fraction of sp³-hybridized carbons (Fsp3) is 0.200. The first-order chi connectivity index (χ1) is 10.1. The highest BCUT2D eigenvalue weighted by atomic mass is 32.1. The van der Waals surface area contributed by atoms with E-state index in [1.165, 1.54) is 11.3 Å². The van der Waals surface area contributed by atoms with Crippen LogP contribution < -0.4 is 5.73 Å². The van der Waals surface area contributed by atoms with E-state index in [4.69, 9.17) is 5.73 Å². The lowest BCUT2D eigenvalue weighted by Crippen LogP contribution is -2.25. The first kappa shape index (κ1) is 14.0. The van der Waals surface area contributed by atoms with Gasteiger partial charge in [0.15, 0.2) is 0 Å². The number of aryl methyl sites for hydroxylation is 1. The van der Waals surface area contributed by atoms with E-state index < -0.39 is 0 Å². The van der Waals surface area contributed by atoms with Crippen molar-refractivity contribution in [3.63, 3.8) is 0 Å². The Morgan fingerprint density at radius 2 is 2.19 bits per heavy atom. The number of carbonyl (C=O) groups excluding carboxylic acids is 1. The predicted octanol–water partition coefficient (Wildman–Crippen LogP) is 3.52. The van der Waals surface area contributed by atoms with Gasteiger partial charge in [-0.1, -0.05) is 6.07 Å². The van der Waals surface area contributed by atoms with Crippen molar-refractivity contribution in [2.24, 2.45) is 0 Å². The fourth-order valence-corrected chi connectivity index (χ4v) is 4.02. The molecule has 0 aromatic carbocycles. The Bertz CT molecular complexity index is 793. The number of nitrogens with zero attached hydrogens (tertiary/aromatic N) is 2. The van der Waals surface area contributed by atoms with Crippen LogP contribution in [0.15, 0.2) is 29.6 Å². The lowest BCUT2D eigenvalue weighted by Gasteiger charge is -2.15. The summed E-state index contributed by atoms with van der Waals surface area (Å²) in [6, 6.07) is 7.85. The molecule has 0 fully saturated rings. The molecule has 0 aliphatic heterocycles. The van der Waals surface area contributed by atoms with E-state index in [2.05, 4.69) is 4.98 Å². The Morgan fingerprint density at radius 1 is 1.38 bits per heavy atom. The molecule has 0 unspecified atom stereocenters. The molecule has 0 aliphatic carbocycles. The topological polar surface area (TPSA) is 59.2 Å². The van der Waals surface area contributed by atoms with Crippen LogP contribution in [0.2, 0.25) is 0 Å². The van der Waals surface area contributed by atoms with Crippen LogP contribution in [0.3, 0.4) is 0 Å². The second kappa shape index (κ2) is 5.46. The van der Waals surface area contributed by atoms with Crippen molar-refractivity contribution < 1.29 is 4.79 Å². The Morgan fingerprint density at radius 3 is 2.90 bits per heavy atom. The predicted molar refractivity (Wildman–Crippen MR) is 88.9 cm³/mol. The number of amides is 1. The summed E-state index contributed by atoms with van der Waals surface area (Å²) in [6.07, 6.45) is 0. The molecule has 108 valence electrons. The summed E-state index contributed by atoms with van der Waals surface area (Å²) >= 11 is 3.00. The maximum atomic E-state index is 12.6. The van der Waals surface area contributed by atoms with Gasteiger partial charge in [-0.05, 0) is 30.5 Å². The van der Waals surface area contributed by atoms with Crippen molar-refractivity contribution in [3.05, 3.63) is 45.1 Å². The molecule has 21 heavy (non-hydrogen) atoms. The van der Waals surface area contributed by atoms with Crippen molar-refractivity contribution in [3.8, 4) is 0 Å². The number of rotatable bonds is 3. The van der Waals surface area contributed by atoms with Crippen LogP contribution in [0.25, 0.3) is 10.2 Å². The number of hydrogen-bond acceptors (Lipinski definition) is 5. The number of anilines is 1. The summed E-state index contributed by atoms with van der Waals surface area (Å²) in [4.78, 5) is 21.3. The molecule has 3 aromatic heterocycles. The van der Waals surface area contributed by atoms with E-state index >= 15 is 0 Å². The normalized spacial score (nSPS) is 11.0. The minimum atomic E-state index is -0.0541. The summed E-state index contributed by atoms with van der Waals surface area (Å²) in [6.45, 7) is 2.52. The molecule has 0 spiro atoms. The van der Waals surface area contributed by atoms with Gasteiger partial charge in [0.05, 0.1) is 12.2 Å². The highest BCUT2D eigenvalue weighted by Gasteiger charge is 2.20. The van der Waals surface area contributed by atoms with Crippen molar-refractivity contribution in [2.75, 3.05) is 12.8 Å². The summed E-state index contributed by atoms with van der Waals surface area (Å²) in [5, 5.41) is 2.87. The second-order valence-corrected chi connectivity index (χ2v) is 6.92. The zero-order chi connectivity index (χ0) is 15.0. The molecule has 0 atom stereocenters. The van der Waals surface area contributed by atoms with Gasteiger partial charge in [0.1, 0.15) is 9.71 Å². The van der Waals surface area contributed by atoms with E-state index in [0.717, 1.165) is 20.8 Å². The Labute approximate surface area is 130 Å². The van der Waals surface area contributed by atoms with E-state index in [0.29, 0.717) is 17.1 Å². The number of hydrogen-bond donors (Lipinski definition) is 1. The van der Waals surface area contributed by atoms with Gasteiger partial charge in [-0.25, -0.2) is 4.98 Å². The van der Waals surface area contributed by atoms with E-state index in [-0.39, 0.29) is 5.91 Å². The number of pyridine rings is 1. The van der Waals surface area contributed by atoms with Gasteiger partial charge in [-0.3, -0.25) is 4.79 Å². The van der Waals surface area contributed by atoms with E-state index in [1.54, 1.807) is 23.3 Å². The average molecular weight is 317 g/mol. The van der Waals surface area contributed by atoms with Crippen LogP contribution >= 0.6 is 22.7 Å². The number of nitrogens with two attached hydrogens (primary N) is 1. The molecule has 0 aliphatic rings. The molecule has 3 aromatic rings.